The SMILES string of the molecule is Cc1ccc(C)c(Cn2c3ccccc3c3cnn(CC(=O)NCc4ccccc4)c(=O)c32)c1. The third-order valence-corrected chi connectivity index (χ3v) is 6.23. The van der Waals surface area contributed by atoms with Gasteiger partial charge in [0, 0.05) is 29.4 Å². The number of aryl methyl sites for hydroxylation is 2. The molecule has 34 heavy (non-hydrogen) atoms. The summed E-state index contributed by atoms with van der Waals surface area (Å²) >= 11 is 0. The maximum Gasteiger partial charge on any atom is 0.291 e. The highest BCUT2D eigenvalue weighted by Crippen LogP contribution is 2.27. The average molecular weight is 451 g/mol. The van der Waals surface area contributed by atoms with Crippen molar-refractivity contribution in [3.8, 4) is 0 Å². The number of nitrogens with one attached hydrogen (secondary N) is 1. The van der Waals surface area contributed by atoms with E-state index in [9.17, 15) is 9.59 Å². The Morgan fingerprint density at radius 2 is 1.71 bits per heavy atom. The quantitative estimate of drug-likeness (QED) is 0.419. The zero-order chi connectivity index (χ0) is 23.7. The largest absolute Gasteiger partial charge is 0.350 e. The van der Waals surface area contributed by atoms with E-state index in [-0.39, 0.29) is 18.0 Å². The lowest BCUT2D eigenvalue weighted by Gasteiger charge is -2.12. The van der Waals surface area contributed by atoms with Crippen LogP contribution in [0.3, 0.4) is 0 Å². The van der Waals surface area contributed by atoms with Gasteiger partial charge in [-0.15, -0.1) is 0 Å². The number of amides is 1. The van der Waals surface area contributed by atoms with Gasteiger partial charge in [-0.3, -0.25) is 9.59 Å². The minimum absolute atomic E-state index is 0.132. The molecule has 0 saturated carbocycles. The van der Waals surface area contributed by atoms with Gasteiger partial charge < -0.3 is 9.88 Å². The number of hydrogen-bond acceptors (Lipinski definition) is 3. The molecule has 6 heteroatoms. The van der Waals surface area contributed by atoms with Gasteiger partial charge in [0.2, 0.25) is 5.91 Å². The van der Waals surface area contributed by atoms with Crippen LogP contribution in [0.4, 0.5) is 0 Å². The van der Waals surface area contributed by atoms with Gasteiger partial charge >= 0.3 is 0 Å². The van der Waals surface area contributed by atoms with Gasteiger partial charge in [-0.05, 0) is 36.6 Å². The third-order valence-electron chi connectivity index (χ3n) is 6.23. The van der Waals surface area contributed by atoms with Gasteiger partial charge in [0.25, 0.3) is 5.56 Å². The first kappa shape index (κ1) is 21.6. The van der Waals surface area contributed by atoms with E-state index in [1.807, 2.05) is 54.6 Å². The summed E-state index contributed by atoms with van der Waals surface area (Å²) < 4.78 is 3.30. The van der Waals surface area contributed by atoms with Crippen LogP contribution in [0.1, 0.15) is 22.3 Å². The highest BCUT2D eigenvalue weighted by Gasteiger charge is 2.17. The molecule has 5 aromatic rings. The fourth-order valence-corrected chi connectivity index (χ4v) is 4.40. The Labute approximate surface area is 197 Å². The van der Waals surface area contributed by atoms with Crippen LogP contribution in [-0.2, 0) is 24.4 Å². The van der Waals surface area contributed by atoms with Crippen LogP contribution >= 0.6 is 0 Å². The number of benzene rings is 3. The Morgan fingerprint density at radius 1 is 0.941 bits per heavy atom. The molecule has 2 aromatic heterocycles. The third kappa shape index (κ3) is 4.10. The summed E-state index contributed by atoms with van der Waals surface area (Å²) in [6.45, 7) is 4.99. The van der Waals surface area contributed by atoms with E-state index in [0.29, 0.717) is 18.6 Å². The maximum absolute atomic E-state index is 13.6. The molecule has 0 radical (unpaired) electrons. The summed E-state index contributed by atoms with van der Waals surface area (Å²) in [4.78, 5) is 26.2. The van der Waals surface area contributed by atoms with Crippen molar-refractivity contribution in [3.05, 3.63) is 112 Å². The van der Waals surface area contributed by atoms with Crippen LogP contribution in [-0.4, -0.2) is 20.3 Å². The molecule has 0 fully saturated rings. The Bertz CT molecular complexity index is 1560. The molecule has 2 heterocycles. The van der Waals surface area contributed by atoms with Crippen molar-refractivity contribution in [2.24, 2.45) is 0 Å². The number of nitrogens with zero attached hydrogens (tertiary/aromatic N) is 3. The van der Waals surface area contributed by atoms with Crippen molar-refractivity contribution < 1.29 is 4.79 Å². The zero-order valence-corrected chi connectivity index (χ0v) is 19.3. The summed E-state index contributed by atoms with van der Waals surface area (Å²) in [6.07, 6.45) is 1.70. The smallest absolute Gasteiger partial charge is 0.291 e. The van der Waals surface area contributed by atoms with Crippen LogP contribution in [0.15, 0.2) is 83.8 Å². The van der Waals surface area contributed by atoms with E-state index in [0.717, 1.165) is 27.4 Å². The maximum atomic E-state index is 13.6. The molecule has 3 aromatic carbocycles. The molecular weight excluding hydrogens is 424 g/mol. The molecule has 1 N–H and O–H groups in total. The molecule has 1 amide bonds. The van der Waals surface area contributed by atoms with Crippen LogP contribution in [0, 0.1) is 13.8 Å². The summed E-state index contributed by atoms with van der Waals surface area (Å²) in [7, 11) is 0. The van der Waals surface area contributed by atoms with Gasteiger partial charge in [-0.2, -0.15) is 5.10 Å². The lowest BCUT2D eigenvalue weighted by atomic mass is 10.1. The van der Waals surface area contributed by atoms with Gasteiger partial charge in [-0.1, -0.05) is 72.3 Å². The predicted molar refractivity (Wildman–Crippen MR) is 135 cm³/mol. The normalized spacial score (nSPS) is 11.2. The number of carbonyl (C=O) groups is 1. The molecule has 0 spiro atoms. The molecule has 0 saturated heterocycles. The molecule has 0 aliphatic carbocycles. The minimum Gasteiger partial charge on any atom is -0.350 e. The second kappa shape index (κ2) is 8.98. The number of rotatable bonds is 6. The molecule has 0 bridgehead atoms. The lowest BCUT2D eigenvalue weighted by molar-refractivity contribution is -0.122. The van der Waals surface area contributed by atoms with E-state index >= 15 is 0 Å². The highest BCUT2D eigenvalue weighted by atomic mass is 16.2. The van der Waals surface area contributed by atoms with Crippen molar-refractivity contribution in [2.75, 3.05) is 0 Å². The first-order chi connectivity index (χ1) is 16.5. The molecule has 0 aliphatic rings. The Kier molecular flexibility index (Phi) is 5.72. The number of carbonyl (C=O) groups excluding carboxylic acids is 1. The number of fused-ring (bicyclic) bond motifs is 3. The van der Waals surface area contributed by atoms with Gasteiger partial charge in [0.05, 0.1) is 6.20 Å². The lowest BCUT2D eigenvalue weighted by Crippen LogP contribution is -2.33. The van der Waals surface area contributed by atoms with Crippen molar-refractivity contribution in [1.29, 1.82) is 0 Å². The Morgan fingerprint density at radius 3 is 2.53 bits per heavy atom. The Balaban J connectivity index is 1.53. The molecule has 0 atom stereocenters. The predicted octanol–water partition coefficient (Wildman–Crippen LogP) is 4.33. The monoisotopic (exact) mass is 450 g/mol. The van der Waals surface area contributed by atoms with Crippen molar-refractivity contribution >= 4 is 27.7 Å². The molecule has 5 rings (SSSR count). The van der Waals surface area contributed by atoms with Gasteiger partial charge in [0.1, 0.15) is 12.1 Å². The van der Waals surface area contributed by atoms with Crippen molar-refractivity contribution in [2.45, 2.75) is 33.5 Å². The number of hydrogen-bond donors (Lipinski definition) is 1. The minimum atomic E-state index is -0.270. The molecule has 0 aliphatic heterocycles. The van der Waals surface area contributed by atoms with Crippen molar-refractivity contribution in [1.82, 2.24) is 19.7 Å². The first-order valence-corrected chi connectivity index (χ1v) is 11.3. The van der Waals surface area contributed by atoms with E-state index in [2.05, 4.69) is 47.0 Å². The molecule has 170 valence electrons. The van der Waals surface area contributed by atoms with Crippen LogP contribution < -0.4 is 10.9 Å². The van der Waals surface area contributed by atoms with E-state index in [1.165, 1.54) is 15.8 Å². The van der Waals surface area contributed by atoms with Crippen LogP contribution in [0.5, 0.6) is 0 Å². The standard InChI is InChI=1S/C28H26N4O2/c1-19-12-13-20(2)22(14-19)17-31-25-11-7-6-10-23(25)24-16-30-32(28(34)27(24)31)18-26(33)29-15-21-8-4-3-5-9-21/h3-14,16H,15,17-18H2,1-2H3,(H,29,33). The topological polar surface area (TPSA) is 68.9 Å². The van der Waals surface area contributed by atoms with E-state index in [1.54, 1.807) is 6.20 Å². The summed E-state index contributed by atoms with van der Waals surface area (Å²) in [5.41, 5.74) is 5.78. The van der Waals surface area contributed by atoms with E-state index < -0.39 is 0 Å². The molecular formula is C28H26N4O2. The summed E-state index contributed by atoms with van der Waals surface area (Å²) in [6, 6.07) is 24.0. The molecule has 0 unspecified atom stereocenters. The number of aromatic nitrogens is 3. The zero-order valence-electron chi connectivity index (χ0n) is 19.3. The fraction of sp³-hybridized carbons (Fsp3) is 0.179. The fourth-order valence-electron chi connectivity index (χ4n) is 4.40. The summed E-state index contributed by atoms with van der Waals surface area (Å²) in [5, 5.41) is 8.98. The highest BCUT2D eigenvalue weighted by molar-refractivity contribution is 6.07. The average Bonchev–Trinajstić information content (AvgIpc) is 3.17. The van der Waals surface area contributed by atoms with Gasteiger partial charge in [0.15, 0.2) is 0 Å². The molecule has 6 nitrogen and oxygen atoms in total. The first-order valence-electron chi connectivity index (χ1n) is 11.3. The van der Waals surface area contributed by atoms with Crippen LogP contribution in [0.25, 0.3) is 21.8 Å². The second-order valence-electron chi connectivity index (χ2n) is 8.67. The van der Waals surface area contributed by atoms with Crippen LogP contribution in [0.2, 0.25) is 0 Å². The van der Waals surface area contributed by atoms with Crippen molar-refractivity contribution in [3.63, 3.8) is 0 Å². The van der Waals surface area contributed by atoms with E-state index in [4.69, 9.17) is 0 Å². The second-order valence-corrected chi connectivity index (χ2v) is 8.67. The number of para-hydroxylation sites is 1. The van der Waals surface area contributed by atoms with Gasteiger partial charge in [-0.25, -0.2) is 4.68 Å². The Hall–Kier alpha value is -4.19. The summed E-state index contributed by atoms with van der Waals surface area (Å²) in [5.74, 6) is -0.255.